The zero-order valence-corrected chi connectivity index (χ0v) is 36.1. The van der Waals surface area contributed by atoms with Crippen LogP contribution in [0.3, 0.4) is 0 Å². The van der Waals surface area contributed by atoms with E-state index >= 15 is 0 Å². The molecule has 2 heterocycles. The maximum atomic E-state index is 14.3. The highest BCUT2D eigenvalue weighted by molar-refractivity contribution is 7.09. The summed E-state index contributed by atoms with van der Waals surface area (Å²) in [6.45, 7) is 14.3. The maximum absolute atomic E-state index is 14.3. The summed E-state index contributed by atoms with van der Waals surface area (Å²) in [7, 11) is 8.66. The molecule has 1 aromatic heterocycles. The van der Waals surface area contributed by atoms with Crippen LogP contribution in [0, 0.1) is 23.7 Å². The smallest absolute Gasteiger partial charge is 0.245 e. The first kappa shape index (κ1) is 46.0. The fraction of sp³-hybridized carbons (Fsp3) is 0.690. The number of thiazole rings is 1. The first-order valence-electron chi connectivity index (χ1n) is 19.9. The van der Waals surface area contributed by atoms with Crippen LogP contribution in [0.5, 0.6) is 0 Å². The van der Waals surface area contributed by atoms with Gasteiger partial charge in [0, 0.05) is 39.4 Å². The lowest BCUT2D eigenvalue weighted by atomic mass is 9.89. The Morgan fingerprint density at radius 3 is 2.15 bits per heavy atom. The average Bonchev–Trinajstić information content (AvgIpc) is 3.87. The predicted molar refractivity (Wildman–Crippen MR) is 218 cm³/mol. The van der Waals surface area contributed by atoms with Crippen LogP contribution in [0.1, 0.15) is 90.8 Å². The Bertz CT molecular complexity index is 1480. The van der Waals surface area contributed by atoms with E-state index in [1.807, 2.05) is 94.2 Å². The number of nitrogens with zero attached hydrogens (tertiary/aromatic N) is 4. The zero-order chi connectivity index (χ0) is 41.0. The van der Waals surface area contributed by atoms with Crippen molar-refractivity contribution in [3.8, 4) is 0 Å². The van der Waals surface area contributed by atoms with Crippen LogP contribution in [0.2, 0.25) is 0 Å². The molecule has 1 fully saturated rings. The van der Waals surface area contributed by atoms with Gasteiger partial charge in [-0.1, -0.05) is 85.2 Å². The number of carbonyl (C=O) groups excluding carboxylic acids is 4. The lowest BCUT2D eigenvalue weighted by molar-refractivity contribution is -0.148. The van der Waals surface area contributed by atoms with Gasteiger partial charge in [-0.2, -0.15) is 0 Å². The van der Waals surface area contributed by atoms with Crippen LogP contribution in [-0.4, -0.2) is 122 Å². The van der Waals surface area contributed by atoms with Gasteiger partial charge >= 0.3 is 0 Å². The molecule has 4 amide bonds. The molecule has 13 heteroatoms. The van der Waals surface area contributed by atoms with Gasteiger partial charge in [-0.3, -0.25) is 24.1 Å². The molecule has 308 valence electrons. The molecule has 12 nitrogen and oxygen atoms in total. The van der Waals surface area contributed by atoms with Crippen LogP contribution in [0.25, 0.3) is 0 Å². The minimum atomic E-state index is -0.751. The second kappa shape index (κ2) is 21.8. The quantitative estimate of drug-likeness (QED) is 0.177. The summed E-state index contributed by atoms with van der Waals surface area (Å²) in [4.78, 5) is 65.8. The highest BCUT2D eigenvalue weighted by Crippen LogP contribution is 2.30. The molecule has 1 saturated heterocycles. The molecule has 0 radical (unpaired) electrons. The van der Waals surface area contributed by atoms with Gasteiger partial charge in [-0.05, 0) is 56.7 Å². The van der Waals surface area contributed by atoms with E-state index in [4.69, 9.17) is 9.47 Å². The normalized spacial score (nSPS) is 19.0. The molecule has 1 aliphatic heterocycles. The molecule has 3 rings (SSSR count). The number of amides is 4. The lowest BCUT2D eigenvalue weighted by Gasteiger charge is -2.41. The van der Waals surface area contributed by atoms with Gasteiger partial charge in [0.25, 0.3) is 0 Å². The summed E-state index contributed by atoms with van der Waals surface area (Å²) < 4.78 is 12.1. The molecule has 0 aliphatic carbocycles. The summed E-state index contributed by atoms with van der Waals surface area (Å²) >= 11 is 1.51. The number of likely N-dealkylation sites (N-methyl/N-ethyl adjacent to an activating group) is 2. The van der Waals surface area contributed by atoms with Crippen molar-refractivity contribution in [2.75, 3.05) is 41.9 Å². The summed E-state index contributed by atoms with van der Waals surface area (Å²) in [6, 6.07) is 7.83. The highest BCUT2D eigenvalue weighted by atomic mass is 32.1. The van der Waals surface area contributed by atoms with Crippen molar-refractivity contribution >= 4 is 35.0 Å². The van der Waals surface area contributed by atoms with Crippen LogP contribution < -0.4 is 10.6 Å². The van der Waals surface area contributed by atoms with Gasteiger partial charge in [0.1, 0.15) is 11.0 Å². The molecule has 0 saturated carbocycles. The molecule has 55 heavy (non-hydrogen) atoms. The van der Waals surface area contributed by atoms with Gasteiger partial charge in [0.2, 0.25) is 23.6 Å². The van der Waals surface area contributed by atoms with Gasteiger partial charge in [0.15, 0.2) is 0 Å². The molecule has 0 spiro atoms. The molecule has 2 N–H and O–H groups in total. The Morgan fingerprint density at radius 2 is 1.62 bits per heavy atom. The summed E-state index contributed by atoms with van der Waals surface area (Å²) in [5.74, 6) is -1.35. The van der Waals surface area contributed by atoms with Crippen molar-refractivity contribution in [3.05, 3.63) is 52.5 Å². The van der Waals surface area contributed by atoms with Crippen molar-refractivity contribution in [2.24, 2.45) is 23.7 Å². The van der Waals surface area contributed by atoms with Crippen LogP contribution in [0.4, 0.5) is 0 Å². The van der Waals surface area contributed by atoms with Crippen molar-refractivity contribution in [2.45, 2.75) is 123 Å². The van der Waals surface area contributed by atoms with Gasteiger partial charge in [-0.25, -0.2) is 4.98 Å². The fourth-order valence-corrected chi connectivity index (χ4v) is 8.86. The number of benzene rings is 1. The van der Waals surface area contributed by atoms with E-state index in [-0.39, 0.29) is 65.9 Å². The molecule has 1 aliphatic rings. The van der Waals surface area contributed by atoms with Crippen molar-refractivity contribution < 1.29 is 28.7 Å². The number of hydrogen-bond acceptors (Lipinski definition) is 9. The lowest BCUT2D eigenvalue weighted by Crippen LogP contribution is -2.59. The largest absolute Gasteiger partial charge is 0.379 e. The summed E-state index contributed by atoms with van der Waals surface area (Å²) in [5, 5.41) is 9.02. The minimum Gasteiger partial charge on any atom is -0.379 e. The minimum absolute atomic E-state index is 0.00751. The summed E-state index contributed by atoms with van der Waals surface area (Å²) in [5.41, 5.74) is 1.09. The molecular weight excluding hydrogens is 717 g/mol. The third kappa shape index (κ3) is 12.1. The number of rotatable bonds is 21. The SMILES string of the molecule is CC[C@@H](C)[C@H]([C@H](CC(=O)N1CCC[C@H]1[C@@H](OC)[C@@H](C)C(=O)N[C@@H](Cc1ccccc1)c1nccs1)OC)N(C)C(=O)[C@@H](NC(=O)[C@H](C(C)C)N(C)C)C(C)C. The van der Waals surface area contributed by atoms with Gasteiger partial charge in [0.05, 0.1) is 48.7 Å². The number of aromatic nitrogens is 1. The zero-order valence-electron chi connectivity index (χ0n) is 35.3. The third-order valence-electron chi connectivity index (χ3n) is 11.3. The first-order valence-corrected chi connectivity index (χ1v) is 20.8. The fourth-order valence-electron chi connectivity index (χ4n) is 8.17. The number of likely N-dealkylation sites (tertiary alicyclic amines) is 1. The second-order valence-electron chi connectivity index (χ2n) is 16.1. The number of carbonyl (C=O) groups is 4. The Hall–Kier alpha value is -3.39. The third-order valence-corrected chi connectivity index (χ3v) is 12.2. The van der Waals surface area contributed by atoms with Crippen LogP contribution in [-0.2, 0) is 35.1 Å². The number of hydrogen-bond donors (Lipinski definition) is 2. The predicted octanol–water partition coefficient (Wildman–Crippen LogP) is 5.19. The molecule has 0 unspecified atom stereocenters. The highest BCUT2D eigenvalue weighted by Gasteiger charge is 2.43. The molecule has 9 atom stereocenters. The van der Waals surface area contributed by atoms with E-state index in [0.29, 0.717) is 19.4 Å². The molecule has 0 bridgehead atoms. The number of methoxy groups -OCH3 is 2. The Labute approximate surface area is 334 Å². The number of ether oxygens (including phenoxy) is 2. The average molecular weight is 785 g/mol. The van der Waals surface area contributed by atoms with Gasteiger partial charge < -0.3 is 29.9 Å². The van der Waals surface area contributed by atoms with Crippen LogP contribution in [0.15, 0.2) is 41.9 Å². The second-order valence-corrected chi connectivity index (χ2v) is 17.0. The molecule has 2 aromatic rings. The van der Waals surface area contributed by atoms with E-state index in [1.54, 1.807) is 32.4 Å². The monoisotopic (exact) mass is 784 g/mol. The van der Waals surface area contributed by atoms with Crippen molar-refractivity contribution in [1.82, 2.24) is 30.3 Å². The first-order chi connectivity index (χ1) is 26.1. The molecule has 1 aromatic carbocycles. The van der Waals surface area contributed by atoms with E-state index in [1.165, 1.54) is 11.3 Å². The molecular formula is C42H68N6O6S. The van der Waals surface area contributed by atoms with Gasteiger partial charge in [-0.15, -0.1) is 11.3 Å². The Kier molecular flexibility index (Phi) is 18.2. The Morgan fingerprint density at radius 1 is 0.945 bits per heavy atom. The summed E-state index contributed by atoms with van der Waals surface area (Å²) in [6.07, 6.45) is 3.49. The van der Waals surface area contributed by atoms with E-state index < -0.39 is 30.2 Å². The standard InChI is InChI=1S/C42H68N6O6S/c1-13-28(6)37(47(10)42(52)35(26(2)3)45-40(51)36(27(4)5)46(8)9)33(53-11)25-34(49)48-22-17-20-32(48)38(54-12)29(7)39(50)44-31(41-43-21-23-55-41)24-30-18-15-14-16-19-30/h14-16,18-19,21,23,26-29,31-33,35-38H,13,17,20,22,24-25H2,1-12H3,(H,44,50)(H,45,51)/t28-,29-,31+,32+,33+,35+,36+,37-,38+/m1/s1. The van der Waals surface area contributed by atoms with E-state index in [2.05, 4.69) is 29.5 Å². The topological polar surface area (TPSA) is 133 Å². The van der Waals surface area contributed by atoms with Crippen LogP contribution >= 0.6 is 11.3 Å². The van der Waals surface area contributed by atoms with Crippen molar-refractivity contribution in [1.29, 1.82) is 0 Å². The number of nitrogens with one attached hydrogen (secondary N) is 2. The maximum Gasteiger partial charge on any atom is 0.245 e. The Balaban J connectivity index is 1.79. The van der Waals surface area contributed by atoms with E-state index in [0.717, 1.165) is 23.4 Å². The van der Waals surface area contributed by atoms with Crippen molar-refractivity contribution in [3.63, 3.8) is 0 Å². The van der Waals surface area contributed by atoms with E-state index in [9.17, 15) is 19.2 Å².